The third-order valence-corrected chi connectivity index (χ3v) is 3.70. The maximum absolute atomic E-state index is 6.19. The Morgan fingerprint density at radius 1 is 0.840 bits per heavy atom. The maximum atomic E-state index is 6.19. The van der Waals surface area contributed by atoms with E-state index < -0.39 is 0 Å². The van der Waals surface area contributed by atoms with E-state index in [1.165, 1.54) is 6.33 Å². The highest BCUT2D eigenvalue weighted by atomic mass is 16.5. The SMILES string of the molecule is Nc1c(Nc2cccc3ncccc23)ncnc1Oc1ccccc1. The normalized spacial score (nSPS) is 10.6. The van der Waals surface area contributed by atoms with Crippen LogP contribution in [-0.2, 0) is 0 Å². The van der Waals surface area contributed by atoms with E-state index >= 15 is 0 Å². The van der Waals surface area contributed by atoms with Crippen molar-refractivity contribution in [3.8, 4) is 11.6 Å². The number of rotatable bonds is 4. The fourth-order valence-electron chi connectivity index (χ4n) is 2.50. The zero-order valence-corrected chi connectivity index (χ0v) is 13.3. The Kier molecular flexibility index (Phi) is 3.84. The molecular weight excluding hydrogens is 314 g/mol. The number of para-hydroxylation sites is 1. The van der Waals surface area contributed by atoms with Gasteiger partial charge >= 0.3 is 0 Å². The van der Waals surface area contributed by atoms with Crippen molar-refractivity contribution in [2.45, 2.75) is 0 Å². The number of nitrogens with one attached hydrogen (secondary N) is 1. The third-order valence-electron chi connectivity index (χ3n) is 3.70. The summed E-state index contributed by atoms with van der Waals surface area (Å²) in [6.07, 6.45) is 3.18. The average Bonchev–Trinajstić information content (AvgIpc) is 2.66. The number of pyridine rings is 1. The molecular formula is C19H15N5O. The van der Waals surface area contributed by atoms with Crippen molar-refractivity contribution in [2.24, 2.45) is 0 Å². The van der Waals surface area contributed by atoms with E-state index in [4.69, 9.17) is 10.5 Å². The van der Waals surface area contributed by atoms with E-state index in [2.05, 4.69) is 20.3 Å². The maximum Gasteiger partial charge on any atom is 0.248 e. The molecule has 4 aromatic rings. The van der Waals surface area contributed by atoms with Gasteiger partial charge in [0.15, 0.2) is 5.82 Å². The minimum Gasteiger partial charge on any atom is -0.437 e. The topological polar surface area (TPSA) is 86.0 Å². The second-order valence-corrected chi connectivity index (χ2v) is 5.36. The van der Waals surface area contributed by atoms with Gasteiger partial charge in [-0.15, -0.1) is 0 Å². The lowest BCUT2D eigenvalue weighted by Crippen LogP contribution is -2.03. The molecule has 2 heterocycles. The van der Waals surface area contributed by atoms with Gasteiger partial charge in [0.1, 0.15) is 17.8 Å². The molecule has 0 atom stereocenters. The number of benzene rings is 2. The van der Waals surface area contributed by atoms with Gasteiger partial charge in [-0.05, 0) is 36.4 Å². The molecule has 0 amide bonds. The van der Waals surface area contributed by atoms with Crippen molar-refractivity contribution in [1.29, 1.82) is 0 Å². The van der Waals surface area contributed by atoms with Crippen molar-refractivity contribution in [3.63, 3.8) is 0 Å². The van der Waals surface area contributed by atoms with E-state index in [9.17, 15) is 0 Å². The van der Waals surface area contributed by atoms with Crippen LogP contribution in [0.25, 0.3) is 10.9 Å². The van der Waals surface area contributed by atoms with Crippen LogP contribution in [-0.4, -0.2) is 15.0 Å². The molecule has 4 rings (SSSR count). The zero-order valence-electron chi connectivity index (χ0n) is 13.3. The minimum atomic E-state index is 0.307. The molecule has 2 aromatic carbocycles. The summed E-state index contributed by atoms with van der Waals surface area (Å²) in [6.45, 7) is 0. The van der Waals surface area contributed by atoms with E-state index in [0.717, 1.165) is 16.6 Å². The molecule has 0 aliphatic carbocycles. The second-order valence-electron chi connectivity index (χ2n) is 5.36. The Balaban J connectivity index is 1.68. The van der Waals surface area contributed by atoms with Crippen LogP contribution in [0.2, 0.25) is 0 Å². The van der Waals surface area contributed by atoms with Crippen molar-refractivity contribution in [2.75, 3.05) is 11.1 Å². The van der Waals surface area contributed by atoms with E-state index in [0.29, 0.717) is 23.1 Å². The van der Waals surface area contributed by atoms with Gasteiger partial charge in [0, 0.05) is 17.3 Å². The summed E-state index contributed by atoms with van der Waals surface area (Å²) >= 11 is 0. The molecule has 3 N–H and O–H groups in total. The van der Waals surface area contributed by atoms with E-state index in [1.54, 1.807) is 6.20 Å². The Labute approximate surface area is 144 Å². The lowest BCUT2D eigenvalue weighted by Gasteiger charge is -2.13. The molecule has 25 heavy (non-hydrogen) atoms. The predicted octanol–water partition coefficient (Wildman–Crippen LogP) is 4.14. The highest BCUT2D eigenvalue weighted by molar-refractivity contribution is 5.93. The summed E-state index contributed by atoms with van der Waals surface area (Å²) in [5, 5.41) is 4.23. The summed E-state index contributed by atoms with van der Waals surface area (Å²) in [5.74, 6) is 1.45. The summed E-state index contributed by atoms with van der Waals surface area (Å²) in [7, 11) is 0. The molecule has 0 aliphatic heterocycles. The zero-order chi connectivity index (χ0) is 17.1. The number of nitrogens with zero attached hydrogens (tertiary/aromatic N) is 3. The van der Waals surface area contributed by atoms with Crippen LogP contribution < -0.4 is 15.8 Å². The largest absolute Gasteiger partial charge is 0.437 e. The van der Waals surface area contributed by atoms with Gasteiger partial charge < -0.3 is 15.8 Å². The van der Waals surface area contributed by atoms with Crippen LogP contribution in [0, 0.1) is 0 Å². The van der Waals surface area contributed by atoms with Crippen LogP contribution in [0.15, 0.2) is 73.2 Å². The summed E-state index contributed by atoms with van der Waals surface area (Å²) in [4.78, 5) is 12.7. The summed E-state index contributed by atoms with van der Waals surface area (Å²) < 4.78 is 5.75. The van der Waals surface area contributed by atoms with E-state index in [-0.39, 0.29) is 0 Å². The molecule has 6 nitrogen and oxygen atoms in total. The molecule has 122 valence electrons. The van der Waals surface area contributed by atoms with Crippen LogP contribution >= 0.6 is 0 Å². The third kappa shape index (κ3) is 3.05. The number of nitrogens with two attached hydrogens (primary N) is 1. The first-order chi connectivity index (χ1) is 12.3. The fraction of sp³-hybridized carbons (Fsp3) is 0. The molecule has 0 saturated carbocycles. The predicted molar refractivity (Wildman–Crippen MR) is 98.0 cm³/mol. The number of fused-ring (bicyclic) bond motifs is 1. The smallest absolute Gasteiger partial charge is 0.248 e. The second kappa shape index (κ2) is 6.45. The highest BCUT2D eigenvalue weighted by Crippen LogP contribution is 2.32. The van der Waals surface area contributed by atoms with Gasteiger partial charge in [0.25, 0.3) is 0 Å². The lowest BCUT2D eigenvalue weighted by atomic mass is 10.2. The first kappa shape index (κ1) is 14.9. The number of ether oxygens (including phenoxy) is 1. The minimum absolute atomic E-state index is 0.307. The van der Waals surface area contributed by atoms with Gasteiger partial charge in [-0.3, -0.25) is 4.98 Å². The number of aromatic nitrogens is 3. The molecule has 0 radical (unpaired) electrons. The number of hydrogen-bond donors (Lipinski definition) is 2. The molecule has 0 fully saturated rings. The molecule has 0 aliphatic rings. The molecule has 0 bridgehead atoms. The van der Waals surface area contributed by atoms with Crippen molar-refractivity contribution < 1.29 is 4.74 Å². The molecule has 6 heteroatoms. The monoisotopic (exact) mass is 329 g/mol. The molecule has 0 unspecified atom stereocenters. The first-order valence-corrected chi connectivity index (χ1v) is 7.75. The molecule has 2 aromatic heterocycles. The van der Waals surface area contributed by atoms with Crippen LogP contribution in [0.5, 0.6) is 11.6 Å². The van der Waals surface area contributed by atoms with Gasteiger partial charge in [0.05, 0.1) is 5.52 Å². The summed E-state index contributed by atoms with van der Waals surface area (Å²) in [6, 6.07) is 19.1. The van der Waals surface area contributed by atoms with Crippen molar-refractivity contribution in [1.82, 2.24) is 15.0 Å². The lowest BCUT2D eigenvalue weighted by molar-refractivity contribution is 0.464. The van der Waals surface area contributed by atoms with Gasteiger partial charge in [0.2, 0.25) is 5.88 Å². The molecule has 0 saturated heterocycles. The van der Waals surface area contributed by atoms with Crippen LogP contribution in [0.4, 0.5) is 17.2 Å². The van der Waals surface area contributed by atoms with Crippen molar-refractivity contribution >= 4 is 28.1 Å². The first-order valence-electron chi connectivity index (χ1n) is 7.75. The van der Waals surface area contributed by atoms with E-state index in [1.807, 2.05) is 60.7 Å². The average molecular weight is 329 g/mol. The fourth-order valence-corrected chi connectivity index (χ4v) is 2.50. The Morgan fingerprint density at radius 3 is 2.60 bits per heavy atom. The van der Waals surface area contributed by atoms with Crippen molar-refractivity contribution in [3.05, 3.63) is 73.2 Å². The van der Waals surface area contributed by atoms with Crippen LogP contribution in [0.3, 0.4) is 0 Å². The Morgan fingerprint density at radius 2 is 1.72 bits per heavy atom. The summed E-state index contributed by atoms with van der Waals surface area (Å²) in [5.41, 5.74) is 8.29. The number of hydrogen-bond acceptors (Lipinski definition) is 6. The van der Waals surface area contributed by atoms with Crippen LogP contribution in [0.1, 0.15) is 0 Å². The standard InChI is InChI=1S/C19H15N5O/c20-17-18(22-12-23-19(17)25-13-6-2-1-3-7-13)24-16-10-4-9-15-14(16)8-5-11-21-15/h1-12H,20H2,(H,22,23,24). The Hall–Kier alpha value is -3.67. The quantitative estimate of drug-likeness (QED) is 0.585. The van der Waals surface area contributed by atoms with Gasteiger partial charge in [-0.1, -0.05) is 24.3 Å². The van der Waals surface area contributed by atoms with Gasteiger partial charge in [-0.25, -0.2) is 4.98 Å². The molecule has 0 spiro atoms. The number of anilines is 3. The highest BCUT2D eigenvalue weighted by Gasteiger charge is 2.11. The Bertz CT molecular complexity index is 1020. The number of nitrogen functional groups attached to an aromatic ring is 1. The van der Waals surface area contributed by atoms with Gasteiger partial charge in [-0.2, -0.15) is 4.98 Å².